The molecule has 1 saturated heterocycles. The number of rotatable bonds is 2. The Hall–Kier alpha value is -1.55. The number of amides is 1. The summed E-state index contributed by atoms with van der Waals surface area (Å²) in [5.74, 6) is 0. The van der Waals surface area contributed by atoms with Gasteiger partial charge >= 0.3 is 6.09 Å². The lowest BCUT2D eigenvalue weighted by molar-refractivity contribution is 0.159. The number of carbonyl (C=O) groups excluding carboxylic acids is 1. The minimum absolute atomic E-state index is 0.400. The Morgan fingerprint density at radius 2 is 2.13 bits per heavy atom. The van der Waals surface area contributed by atoms with Crippen LogP contribution in [0.15, 0.2) is 29.4 Å². The van der Waals surface area contributed by atoms with E-state index < -0.39 is 6.09 Å². The van der Waals surface area contributed by atoms with E-state index in [9.17, 15) is 4.79 Å². The van der Waals surface area contributed by atoms with E-state index in [1.54, 1.807) is 18.3 Å². The number of carbonyl (C=O) groups is 1. The first-order valence-corrected chi connectivity index (χ1v) is 4.87. The first kappa shape index (κ1) is 9.98. The molecule has 0 spiro atoms. The lowest BCUT2D eigenvalue weighted by Gasteiger charge is -2.03. The molecule has 4 nitrogen and oxygen atoms in total. The van der Waals surface area contributed by atoms with E-state index in [0.717, 1.165) is 5.56 Å². The van der Waals surface area contributed by atoms with E-state index in [2.05, 4.69) is 5.10 Å². The van der Waals surface area contributed by atoms with Crippen LogP contribution in [-0.2, 0) is 4.74 Å². The van der Waals surface area contributed by atoms with E-state index in [0.29, 0.717) is 18.2 Å². The van der Waals surface area contributed by atoms with Gasteiger partial charge in [-0.15, -0.1) is 0 Å². The zero-order chi connectivity index (χ0) is 10.7. The molecule has 1 fully saturated rings. The Morgan fingerprint density at radius 3 is 2.73 bits per heavy atom. The topological polar surface area (TPSA) is 41.9 Å². The van der Waals surface area contributed by atoms with Crippen LogP contribution in [0.1, 0.15) is 5.56 Å². The van der Waals surface area contributed by atoms with Crippen molar-refractivity contribution < 1.29 is 9.53 Å². The molecule has 1 aliphatic rings. The van der Waals surface area contributed by atoms with E-state index in [1.807, 2.05) is 12.1 Å². The Labute approximate surface area is 92.1 Å². The highest BCUT2D eigenvalue weighted by molar-refractivity contribution is 6.30. The number of halogens is 1. The molecule has 0 aliphatic carbocycles. The van der Waals surface area contributed by atoms with Crippen molar-refractivity contribution in [1.82, 2.24) is 5.01 Å². The lowest BCUT2D eigenvalue weighted by atomic mass is 10.2. The predicted octanol–water partition coefficient (Wildman–Crippen LogP) is 2.13. The predicted molar refractivity (Wildman–Crippen MR) is 57.1 cm³/mol. The number of hydrazone groups is 1. The van der Waals surface area contributed by atoms with Crippen molar-refractivity contribution in [3.63, 3.8) is 0 Å². The van der Waals surface area contributed by atoms with Gasteiger partial charge in [0, 0.05) is 5.02 Å². The van der Waals surface area contributed by atoms with Crippen molar-refractivity contribution in [2.45, 2.75) is 0 Å². The molecule has 1 aliphatic heterocycles. The second kappa shape index (κ2) is 4.31. The Balaban J connectivity index is 2.04. The van der Waals surface area contributed by atoms with Gasteiger partial charge in [-0.05, 0) is 17.7 Å². The summed E-state index contributed by atoms with van der Waals surface area (Å²) < 4.78 is 4.73. The van der Waals surface area contributed by atoms with Crippen LogP contribution >= 0.6 is 11.6 Å². The van der Waals surface area contributed by atoms with Crippen LogP contribution in [0.4, 0.5) is 4.79 Å². The molecule has 0 bridgehead atoms. The van der Waals surface area contributed by atoms with Gasteiger partial charge in [0.25, 0.3) is 0 Å². The average Bonchev–Trinajstić information content (AvgIpc) is 2.63. The summed E-state index contributed by atoms with van der Waals surface area (Å²) >= 11 is 5.73. The van der Waals surface area contributed by atoms with Gasteiger partial charge in [-0.3, -0.25) is 0 Å². The van der Waals surface area contributed by atoms with Crippen molar-refractivity contribution in [2.75, 3.05) is 13.2 Å². The van der Waals surface area contributed by atoms with Crippen LogP contribution in [-0.4, -0.2) is 30.5 Å². The van der Waals surface area contributed by atoms with Crippen LogP contribution in [0, 0.1) is 0 Å². The third-order valence-electron chi connectivity index (χ3n) is 1.96. The Kier molecular flexibility index (Phi) is 2.87. The Bertz CT molecular complexity index is 389. The molecule has 0 saturated carbocycles. The van der Waals surface area contributed by atoms with E-state index in [-0.39, 0.29) is 0 Å². The zero-order valence-electron chi connectivity index (χ0n) is 7.89. The summed E-state index contributed by atoms with van der Waals surface area (Å²) in [7, 11) is 0. The highest BCUT2D eigenvalue weighted by Crippen LogP contribution is 2.09. The standard InChI is InChI=1S/C10H9ClN2O2/c11-9-3-1-8(2-4-9)7-12-13-5-6-15-10(13)14/h1-4,7H,5-6H2. The fourth-order valence-corrected chi connectivity index (χ4v) is 1.30. The average molecular weight is 225 g/mol. The van der Waals surface area contributed by atoms with Crippen molar-refractivity contribution in [3.05, 3.63) is 34.9 Å². The van der Waals surface area contributed by atoms with Crippen molar-refractivity contribution in [2.24, 2.45) is 5.10 Å². The van der Waals surface area contributed by atoms with Gasteiger partial charge in [0.05, 0.1) is 12.8 Å². The number of cyclic esters (lactones) is 1. The van der Waals surface area contributed by atoms with Gasteiger partial charge in [0.1, 0.15) is 6.61 Å². The van der Waals surface area contributed by atoms with Crippen LogP contribution < -0.4 is 0 Å². The van der Waals surface area contributed by atoms with Crippen molar-refractivity contribution in [3.8, 4) is 0 Å². The molecular weight excluding hydrogens is 216 g/mol. The molecule has 0 aromatic heterocycles. The smallest absolute Gasteiger partial charge is 0.430 e. The summed E-state index contributed by atoms with van der Waals surface area (Å²) in [6.07, 6.45) is 1.20. The monoisotopic (exact) mass is 224 g/mol. The molecule has 1 aromatic carbocycles. The largest absolute Gasteiger partial charge is 0.446 e. The van der Waals surface area contributed by atoms with Gasteiger partial charge < -0.3 is 4.74 Å². The normalized spacial score (nSPS) is 16.1. The highest BCUT2D eigenvalue weighted by Gasteiger charge is 2.20. The van der Waals surface area contributed by atoms with Gasteiger partial charge in [0.2, 0.25) is 0 Å². The molecule has 0 atom stereocenters. The van der Waals surface area contributed by atoms with Crippen LogP contribution in [0.5, 0.6) is 0 Å². The van der Waals surface area contributed by atoms with E-state index >= 15 is 0 Å². The molecule has 2 rings (SSSR count). The fraction of sp³-hybridized carbons (Fsp3) is 0.200. The SMILES string of the molecule is O=C1OCCN1N=Cc1ccc(Cl)cc1. The molecular formula is C10H9ClN2O2. The Morgan fingerprint density at radius 1 is 1.40 bits per heavy atom. The highest BCUT2D eigenvalue weighted by atomic mass is 35.5. The van der Waals surface area contributed by atoms with Gasteiger partial charge in [0.15, 0.2) is 0 Å². The molecule has 0 radical (unpaired) electrons. The van der Waals surface area contributed by atoms with Gasteiger partial charge in [-0.1, -0.05) is 23.7 Å². The molecule has 5 heteroatoms. The summed E-state index contributed by atoms with van der Waals surface area (Å²) in [4.78, 5) is 11.0. The minimum atomic E-state index is -0.403. The van der Waals surface area contributed by atoms with Gasteiger partial charge in [-0.2, -0.15) is 10.1 Å². The summed E-state index contributed by atoms with van der Waals surface area (Å²) in [5.41, 5.74) is 0.888. The quantitative estimate of drug-likeness (QED) is 0.723. The molecule has 0 N–H and O–H groups in total. The second-order valence-corrected chi connectivity index (χ2v) is 3.47. The van der Waals surface area contributed by atoms with Crippen molar-refractivity contribution in [1.29, 1.82) is 0 Å². The summed E-state index contributed by atoms with van der Waals surface area (Å²) in [6.45, 7) is 0.902. The maximum Gasteiger partial charge on any atom is 0.430 e. The third kappa shape index (κ3) is 2.47. The first-order valence-electron chi connectivity index (χ1n) is 4.49. The molecule has 15 heavy (non-hydrogen) atoms. The summed E-state index contributed by atoms with van der Waals surface area (Å²) in [6, 6.07) is 7.19. The third-order valence-corrected chi connectivity index (χ3v) is 2.21. The minimum Gasteiger partial charge on any atom is -0.446 e. The van der Waals surface area contributed by atoms with Crippen LogP contribution in [0.3, 0.4) is 0 Å². The van der Waals surface area contributed by atoms with E-state index in [4.69, 9.17) is 16.3 Å². The van der Waals surface area contributed by atoms with Gasteiger partial charge in [-0.25, -0.2) is 4.79 Å². The molecule has 1 heterocycles. The molecule has 0 unspecified atom stereocenters. The van der Waals surface area contributed by atoms with Crippen LogP contribution in [0.2, 0.25) is 5.02 Å². The van der Waals surface area contributed by atoms with Crippen molar-refractivity contribution >= 4 is 23.9 Å². The van der Waals surface area contributed by atoms with E-state index in [1.165, 1.54) is 5.01 Å². The number of benzene rings is 1. The first-order chi connectivity index (χ1) is 7.25. The number of hydrogen-bond donors (Lipinski definition) is 0. The molecule has 1 amide bonds. The number of hydrogen-bond acceptors (Lipinski definition) is 3. The maximum absolute atomic E-state index is 11.0. The number of ether oxygens (including phenoxy) is 1. The molecule has 1 aromatic rings. The zero-order valence-corrected chi connectivity index (χ0v) is 8.65. The summed E-state index contributed by atoms with van der Waals surface area (Å²) in [5, 5.41) is 5.95. The number of nitrogens with zero attached hydrogens (tertiary/aromatic N) is 2. The fourth-order valence-electron chi connectivity index (χ4n) is 1.18. The maximum atomic E-state index is 11.0. The van der Waals surface area contributed by atoms with Crippen LogP contribution in [0.25, 0.3) is 0 Å². The molecule has 78 valence electrons. The lowest BCUT2D eigenvalue weighted by Crippen LogP contribution is -2.17. The second-order valence-electron chi connectivity index (χ2n) is 3.03.